The van der Waals surface area contributed by atoms with Gasteiger partial charge in [0, 0.05) is 6.42 Å². The second-order valence-electron chi connectivity index (χ2n) is 5.82. The molecule has 0 amide bonds. The zero-order chi connectivity index (χ0) is 14.2. The van der Waals surface area contributed by atoms with Crippen LogP contribution in [0.1, 0.15) is 41.0 Å². The molecule has 0 aromatic carbocycles. The summed E-state index contributed by atoms with van der Waals surface area (Å²) in [5, 5.41) is 10.1. The van der Waals surface area contributed by atoms with Crippen molar-refractivity contribution in [1.29, 1.82) is 0 Å². The maximum atomic E-state index is 12.0. The Labute approximate surface area is 107 Å². The minimum atomic E-state index is -1.16. The Morgan fingerprint density at radius 3 is 2.28 bits per heavy atom. The average molecular weight is 252 g/mol. The van der Waals surface area contributed by atoms with Crippen LogP contribution in [0.3, 0.4) is 0 Å². The van der Waals surface area contributed by atoms with Crippen LogP contribution >= 0.6 is 0 Å². The van der Waals surface area contributed by atoms with E-state index in [1.54, 1.807) is 0 Å². The number of carbonyl (C=O) groups is 3. The molecular formula is C14H20O4. The van der Waals surface area contributed by atoms with E-state index in [1.165, 1.54) is 20.8 Å². The molecule has 1 unspecified atom stereocenters. The maximum Gasteiger partial charge on any atom is 0.180 e. The van der Waals surface area contributed by atoms with Gasteiger partial charge in [-0.05, 0) is 26.7 Å². The lowest BCUT2D eigenvalue weighted by atomic mass is 9.70. The lowest BCUT2D eigenvalue weighted by Gasteiger charge is -2.32. The fourth-order valence-electron chi connectivity index (χ4n) is 2.17. The molecule has 1 N–H and O–H groups in total. The van der Waals surface area contributed by atoms with E-state index in [-0.39, 0.29) is 35.2 Å². The fourth-order valence-corrected chi connectivity index (χ4v) is 2.17. The topological polar surface area (TPSA) is 71.4 Å². The third-order valence-corrected chi connectivity index (χ3v) is 3.35. The van der Waals surface area contributed by atoms with Gasteiger partial charge in [-0.1, -0.05) is 13.8 Å². The Morgan fingerprint density at radius 1 is 1.33 bits per heavy atom. The van der Waals surface area contributed by atoms with Crippen LogP contribution in [0, 0.1) is 17.3 Å². The van der Waals surface area contributed by atoms with Crippen LogP contribution in [0.15, 0.2) is 11.3 Å². The zero-order valence-electron chi connectivity index (χ0n) is 11.5. The molecule has 0 aliphatic heterocycles. The van der Waals surface area contributed by atoms with Gasteiger partial charge in [-0.3, -0.25) is 14.4 Å². The first kappa shape index (κ1) is 14.6. The van der Waals surface area contributed by atoms with Crippen molar-refractivity contribution in [2.24, 2.45) is 17.3 Å². The average Bonchev–Trinajstić information content (AvgIpc) is 2.24. The van der Waals surface area contributed by atoms with E-state index in [1.807, 2.05) is 13.8 Å². The molecule has 1 aliphatic rings. The summed E-state index contributed by atoms with van der Waals surface area (Å²) < 4.78 is 0. The molecule has 4 nitrogen and oxygen atoms in total. The van der Waals surface area contributed by atoms with Crippen molar-refractivity contribution in [2.75, 3.05) is 0 Å². The van der Waals surface area contributed by atoms with Gasteiger partial charge in [-0.2, -0.15) is 0 Å². The summed E-state index contributed by atoms with van der Waals surface area (Å²) in [5.41, 5.74) is -1.34. The Morgan fingerprint density at radius 2 is 1.83 bits per heavy atom. The van der Waals surface area contributed by atoms with Crippen molar-refractivity contribution in [3.8, 4) is 0 Å². The van der Waals surface area contributed by atoms with Crippen molar-refractivity contribution in [3.05, 3.63) is 11.3 Å². The Kier molecular flexibility index (Phi) is 3.79. The molecule has 0 saturated carbocycles. The van der Waals surface area contributed by atoms with Gasteiger partial charge in [0.05, 0.1) is 16.9 Å². The standard InChI is InChI=1S/C14H20O4/c1-7(2)6-9(15)10-11(16)8(3)12(17)14(4,5)13(10)18/h7-8,18H,6H2,1-5H3. The third-order valence-electron chi connectivity index (χ3n) is 3.35. The molecule has 0 spiro atoms. The van der Waals surface area contributed by atoms with Crippen LogP contribution in [0.5, 0.6) is 0 Å². The number of allylic oxidation sites excluding steroid dienone is 2. The molecule has 1 atom stereocenters. The lowest BCUT2D eigenvalue weighted by molar-refractivity contribution is -0.138. The maximum absolute atomic E-state index is 12.0. The predicted octanol–water partition coefficient (Wildman–Crippen LogP) is 2.23. The minimum absolute atomic E-state index is 0.0987. The Hall–Kier alpha value is -1.45. The first-order valence-corrected chi connectivity index (χ1v) is 6.16. The van der Waals surface area contributed by atoms with E-state index >= 15 is 0 Å². The normalized spacial score (nSPS) is 23.8. The van der Waals surface area contributed by atoms with Crippen LogP contribution in [-0.2, 0) is 14.4 Å². The van der Waals surface area contributed by atoms with E-state index in [9.17, 15) is 19.5 Å². The Balaban J connectivity index is 3.30. The number of hydrogen-bond acceptors (Lipinski definition) is 4. The van der Waals surface area contributed by atoms with Gasteiger partial charge in [0.2, 0.25) is 0 Å². The van der Waals surface area contributed by atoms with Crippen LogP contribution in [0.25, 0.3) is 0 Å². The van der Waals surface area contributed by atoms with Crippen LogP contribution in [0.2, 0.25) is 0 Å². The monoisotopic (exact) mass is 252 g/mol. The molecule has 0 aromatic heterocycles. The molecule has 0 aromatic rings. The molecule has 1 aliphatic carbocycles. The van der Waals surface area contributed by atoms with Crippen molar-refractivity contribution < 1.29 is 19.5 Å². The van der Waals surface area contributed by atoms with E-state index in [0.29, 0.717) is 0 Å². The molecule has 4 heteroatoms. The third kappa shape index (κ3) is 2.24. The SMILES string of the molecule is CC(C)CC(=O)C1=C(O)C(C)(C)C(=O)C(C)C1=O. The van der Waals surface area contributed by atoms with E-state index in [2.05, 4.69) is 0 Å². The summed E-state index contributed by atoms with van der Waals surface area (Å²) >= 11 is 0. The number of carbonyl (C=O) groups excluding carboxylic acids is 3. The number of rotatable bonds is 3. The second kappa shape index (κ2) is 4.67. The molecule has 0 saturated heterocycles. The summed E-state index contributed by atoms with van der Waals surface area (Å²) in [6.45, 7) is 8.29. The molecule has 18 heavy (non-hydrogen) atoms. The Bertz CT molecular complexity index is 441. The summed E-state index contributed by atoms with van der Waals surface area (Å²) in [5.74, 6) is -2.40. The molecule has 100 valence electrons. The van der Waals surface area contributed by atoms with Gasteiger partial charge in [0.15, 0.2) is 17.3 Å². The van der Waals surface area contributed by atoms with Crippen LogP contribution in [-0.4, -0.2) is 22.5 Å². The highest BCUT2D eigenvalue weighted by Gasteiger charge is 2.47. The van der Waals surface area contributed by atoms with Crippen molar-refractivity contribution in [1.82, 2.24) is 0 Å². The summed E-state index contributed by atoms with van der Waals surface area (Å²) in [7, 11) is 0. The van der Waals surface area contributed by atoms with Crippen molar-refractivity contribution in [3.63, 3.8) is 0 Å². The molecule has 0 bridgehead atoms. The molecular weight excluding hydrogens is 232 g/mol. The van der Waals surface area contributed by atoms with Gasteiger partial charge in [0.25, 0.3) is 0 Å². The van der Waals surface area contributed by atoms with Crippen LogP contribution in [0.4, 0.5) is 0 Å². The molecule has 0 radical (unpaired) electrons. The highest BCUT2D eigenvalue weighted by Crippen LogP contribution is 2.37. The second-order valence-corrected chi connectivity index (χ2v) is 5.82. The van der Waals surface area contributed by atoms with E-state index < -0.39 is 17.1 Å². The quantitative estimate of drug-likeness (QED) is 0.617. The van der Waals surface area contributed by atoms with E-state index in [4.69, 9.17) is 0 Å². The highest BCUT2D eigenvalue weighted by molar-refractivity contribution is 6.28. The van der Waals surface area contributed by atoms with Gasteiger partial charge in [-0.25, -0.2) is 0 Å². The largest absolute Gasteiger partial charge is 0.510 e. The predicted molar refractivity (Wildman–Crippen MR) is 67.1 cm³/mol. The first-order valence-electron chi connectivity index (χ1n) is 6.16. The zero-order valence-corrected chi connectivity index (χ0v) is 11.5. The van der Waals surface area contributed by atoms with Crippen LogP contribution < -0.4 is 0 Å². The smallest absolute Gasteiger partial charge is 0.180 e. The van der Waals surface area contributed by atoms with Gasteiger partial charge in [-0.15, -0.1) is 0 Å². The highest BCUT2D eigenvalue weighted by atomic mass is 16.3. The molecule has 1 rings (SSSR count). The minimum Gasteiger partial charge on any atom is -0.510 e. The summed E-state index contributed by atoms with van der Waals surface area (Å²) in [6.07, 6.45) is 0.197. The van der Waals surface area contributed by atoms with Crippen molar-refractivity contribution >= 4 is 17.3 Å². The first-order chi connectivity index (χ1) is 8.10. The lowest BCUT2D eigenvalue weighted by Crippen LogP contribution is -2.43. The van der Waals surface area contributed by atoms with Gasteiger partial charge in [0.1, 0.15) is 5.76 Å². The summed E-state index contributed by atoms with van der Waals surface area (Å²) in [4.78, 5) is 35.9. The number of ketones is 3. The van der Waals surface area contributed by atoms with Crippen molar-refractivity contribution in [2.45, 2.75) is 41.0 Å². The number of hydrogen-bond donors (Lipinski definition) is 1. The number of Topliss-reactive ketones (excluding diaryl/α,β-unsaturated/α-hetero) is 3. The van der Waals surface area contributed by atoms with Gasteiger partial charge < -0.3 is 5.11 Å². The molecule has 0 heterocycles. The number of aliphatic hydroxyl groups is 1. The summed E-state index contributed by atoms with van der Waals surface area (Å²) in [6, 6.07) is 0. The molecule has 0 fully saturated rings. The number of aliphatic hydroxyl groups excluding tert-OH is 1. The fraction of sp³-hybridized carbons (Fsp3) is 0.643. The van der Waals surface area contributed by atoms with Gasteiger partial charge >= 0.3 is 0 Å². The van der Waals surface area contributed by atoms with E-state index in [0.717, 1.165) is 0 Å².